The summed E-state index contributed by atoms with van der Waals surface area (Å²) in [5.41, 5.74) is 11.7. The van der Waals surface area contributed by atoms with Crippen LogP contribution in [0.3, 0.4) is 0 Å². The highest BCUT2D eigenvalue weighted by molar-refractivity contribution is 5.95. The van der Waals surface area contributed by atoms with E-state index in [1.165, 1.54) is 37.4 Å². The van der Waals surface area contributed by atoms with Gasteiger partial charge in [-0.3, -0.25) is 4.79 Å². The Morgan fingerprint density at radius 3 is 2.66 bits per heavy atom. The minimum atomic E-state index is -0.436. The molecule has 4 aromatic rings. The predicted octanol–water partition coefficient (Wildman–Crippen LogP) is 5.28. The number of carbonyl (C=O) groups excluding carboxylic acids is 1. The Morgan fingerprint density at radius 2 is 1.97 bits per heavy atom. The molecule has 38 heavy (non-hydrogen) atoms. The lowest BCUT2D eigenvalue weighted by Crippen LogP contribution is -2.41. The number of halogens is 1. The fraction of sp³-hybridized carbons (Fsp3) is 0.500. The van der Waals surface area contributed by atoms with Crippen LogP contribution in [-0.2, 0) is 6.54 Å². The molecule has 7 rings (SSSR count). The molecule has 4 aromatic heterocycles. The number of hydrogen-bond donors (Lipinski definition) is 1. The largest absolute Gasteiger partial charge is 0.334 e. The van der Waals surface area contributed by atoms with E-state index in [0.717, 1.165) is 41.0 Å². The molecule has 0 spiro atoms. The SMILES string of the molecule is CCC1CN(C(=O)c2cc(F)c3c(C)c(-c4cc5ccc(C6CC6)nc5n4CC4CC4)nn3c2)C(C)C1N. The van der Waals surface area contributed by atoms with Crippen LogP contribution >= 0.6 is 0 Å². The molecule has 7 nitrogen and oxygen atoms in total. The van der Waals surface area contributed by atoms with Gasteiger partial charge in [0.25, 0.3) is 5.91 Å². The van der Waals surface area contributed by atoms with Crippen LogP contribution in [0.15, 0.2) is 30.5 Å². The van der Waals surface area contributed by atoms with E-state index in [4.69, 9.17) is 15.8 Å². The molecule has 198 valence electrons. The van der Waals surface area contributed by atoms with Crippen LogP contribution in [0.2, 0.25) is 0 Å². The lowest BCUT2D eigenvalue weighted by Gasteiger charge is -2.23. The molecule has 2 aliphatic carbocycles. The molecular weight excluding hydrogens is 479 g/mol. The van der Waals surface area contributed by atoms with Crippen LogP contribution in [0.5, 0.6) is 0 Å². The van der Waals surface area contributed by atoms with E-state index >= 15 is 4.39 Å². The van der Waals surface area contributed by atoms with Crippen molar-refractivity contribution in [3.63, 3.8) is 0 Å². The summed E-state index contributed by atoms with van der Waals surface area (Å²) in [6.45, 7) is 7.47. The number of nitrogens with two attached hydrogens (primary N) is 1. The van der Waals surface area contributed by atoms with Gasteiger partial charge >= 0.3 is 0 Å². The molecule has 0 aromatic carbocycles. The molecule has 3 fully saturated rings. The van der Waals surface area contributed by atoms with Gasteiger partial charge in [0.2, 0.25) is 0 Å². The van der Waals surface area contributed by atoms with Crippen molar-refractivity contribution in [2.45, 2.75) is 77.4 Å². The summed E-state index contributed by atoms with van der Waals surface area (Å²) in [4.78, 5) is 20.3. The van der Waals surface area contributed by atoms with Gasteiger partial charge in [0.05, 0.1) is 11.3 Å². The Morgan fingerprint density at radius 1 is 1.18 bits per heavy atom. The maximum atomic E-state index is 15.6. The molecule has 3 aliphatic rings. The minimum Gasteiger partial charge on any atom is -0.334 e. The molecule has 1 aliphatic heterocycles. The van der Waals surface area contributed by atoms with Crippen molar-refractivity contribution in [3.8, 4) is 11.4 Å². The first-order chi connectivity index (χ1) is 18.3. The van der Waals surface area contributed by atoms with Gasteiger partial charge in [0, 0.05) is 53.9 Å². The quantitative estimate of drug-likeness (QED) is 0.379. The molecule has 2 N–H and O–H groups in total. The maximum Gasteiger partial charge on any atom is 0.255 e. The maximum absolute atomic E-state index is 15.6. The van der Waals surface area contributed by atoms with Gasteiger partial charge in [-0.15, -0.1) is 0 Å². The van der Waals surface area contributed by atoms with Crippen LogP contribution < -0.4 is 5.73 Å². The van der Waals surface area contributed by atoms with Gasteiger partial charge in [0.15, 0.2) is 0 Å². The van der Waals surface area contributed by atoms with Gasteiger partial charge < -0.3 is 15.2 Å². The first kappa shape index (κ1) is 23.8. The number of aromatic nitrogens is 4. The molecule has 3 atom stereocenters. The van der Waals surface area contributed by atoms with Crippen molar-refractivity contribution in [3.05, 3.63) is 53.1 Å². The topological polar surface area (TPSA) is 81.5 Å². The Kier molecular flexibility index (Phi) is 5.41. The molecule has 1 saturated heterocycles. The molecule has 1 amide bonds. The standard InChI is InChI=1S/C30H35FN6O/c1-4-19-14-35(17(3)26(19)32)30(38)22-11-23(31)28-16(2)27(34-37(28)15-22)25-12-21-9-10-24(20-7-8-20)33-29(21)36(25)13-18-5-6-18/h9-12,15,17-20,26H,4-8,13-14,32H2,1-3H3. The number of fused-ring (bicyclic) bond motifs is 2. The minimum absolute atomic E-state index is 0.0708. The van der Waals surface area contributed by atoms with Crippen molar-refractivity contribution in [2.24, 2.45) is 17.6 Å². The van der Waals surface area contributed by atoms with Crippen molar-refractivity contribution in [1.82, 2.24) is 24.1 Å². The summed E-state index contributed by atoms with van der Waals surface area (Å²) in [5, 5.41) is 5.95. The second-order valence-corrected chi connectivity index (χ2v) is 11.8. The third kappa shape index (κ3) is 3.75. The number of likely N-dealkylation sites (tertiary alicyclic amines) is 1. The monoisotopic (exact) mass is 514 g/mol. The smallest absolute Gasteiger partial charge is 0.255 e. The summed E-state index contributed by atoms with van der Waals surface area (Å²) in [6.07, 6.45) is 7.46. The van der Waals surface area contributed by atoms with E-state index in [2.05, 4.69) is 29.7 Å². The molecule has 3 unspecified atom stereocenters. The number of carbonyl (C=O) groups is 1. The molecule has 0 bridgehead atoms. The van der Waals surface area contributed by atoms with Crippen molar-refractivity contribution < 1.29 is 9.18 Å². The van der Waals surface area contributed by atoms with Crippen LogP contribution in [0.4, 0.5) is 4.39 Å². The molecule has 5 heterocycles. The fourth-order valence-corrected chi connectivity index (χ4v) is 6.30. The van der Waals surface area contributed by atoms with E-state index < -0.39 is 5.82 Å². The van der Waals surface area contributed by atoms with Crippen LogP contribution in [0.25, 0.3) is 27.9 Å². The van der Waals surface area contributed by atoms with Crippen molar-refractivity contribution in [1.29, 1.82) is 0 Å². The van der Waals surface area contributed by atoms with E-state index in [-0.39, 0.29) is 23.9 Å². The highest BCUT2D eigenvalue weighted by atomic mass is 19.1. The Hall–Kier alpha value is -3.26. The summed E-state index contributed by atoms with van der Waals surface area (Å²) in [5.74, 6) is 0.848. The fourth-order valence-electron chi connectivity index (χ4n) is 6.30. The van der Waals surface area contributed by atoms with Crippen LogP contribution in [0, 0.1) is 24.6 Å². The zero-order valence-electron chi connectivity index (χ0n) is 22.3. The average Bonchev–Trinajstić information content (AvgIpc) is 3.83. The van der Waals surface area contributed by atoms with Gasteiger partial charge in [0.1, 0.15) is 22.7 Å². The summed E-state index contributed by atoms with van der Waals surface area (Å²) in [6, 6.07) is 7.64. The second-order valence-electron chi connectivity index (χ2n) is 11.8. The van der Waals surface area contributed by atoms with E-state index in [1.54, 1.807) is 15.6 Å². The molecule has 8 heteroatoms. The van der Waals surface area contributed by atoms with Crippen LogP contribution in [0.1, 0.15) is 73.5 Å². The summed E-state index contributed by atoms with van der Waals surface area (Å²) in [7, 11) is 0. The average molecular weight is 515 g/mol. The van der Waals surface area contributed by atoms with Crippen LogP contribution in [-0.4, -0.2) is 48.6 Å². The normalized spacial score (nSPS) is 23.7. The first-order valence-corrected chi connectivity index (χ1v) is 14.1. The molecular formula is C30H35FN6O. The van der Waals surface area contributed by atoms with Crippen molar-refractivity contribution in [2.75, 3.05) is 6.54 Å². The number of nitrogens with zero attached hydrogens (tertiary/aromatic N) is 5. The Labute approximate surface area is 221 Å². The zero-order chi connectivity index (χ0) is 26.3. The van der Waals surface area contributed by atoms with Gasteiger partial charge in [-0.2, -0.15) is 5.10 Å². The number of aryl methyl sites for hydroxylation is 1. The van der Waals surface area contributed by atoms with E-state index in [1.807, 2.05) is 13.8 Å². The number of rotatable bonds is 6. The number of hydrogen-bond acceptors (Lipinski definition) is 4. The lowest BCUT2D eigenvalue weighted by atomic mass is 9.98. The van der Waals surface area contributed by atoms with Gasteiger partial charge in [-0.05, 0) is 75.6 Å². The third-order valence-corrected chi connectivity index (χ3v) is 9.11. The highest BCUT2D eigenvalue weighted by Gasteiger charge is 2.39. The summed E-state index contributed by atoms with van der Waals surface area (Å²) >= 11 is 0. The van der Waals surface area contributed by atoms with E-state index in [0.29, 0.717) is 29.5 Å². The number of pyridine rings is 2. The number of amides is 1. The predicted molar refractivity (Wildman–Crippen MR) is 146 cm³/mol. The first-order valence-electron chi connectivity index (χ1n) is 14.1. The summed E-state index contributed by atoms with van der Waals surface area (Å²) < 4.78 is 19.4. The zero-order valence-corrected chi connectivity index (χ0v) is 22.3. The Bertz CT molecular complexity index is 1580. The molecule has 0 radical (unpaired) electrons. The third-order valence-electron chi connectivity index (χ3n) is 9.11. The highest BCUT2D eigenvalue weighted by Crippen LogP contribution is 2.41. The van der Waals surface area contributed by atoms with Crippen molar-refractivity contribution >= 4 is 22.5 Å². The second kappa shape index (κ2) is 8.63. The van der Waals surface area contributed by atoms with Gasteiger partial charge in [-0.1, -0.05) is 13.3 Å². The molecule has 2 saturated carbocycles. The van der Waals surface area contributed by atoms with E-state index in [9.17, 15) is 4.79 Å². The van der Waals surface area contributed by atoms with Gasteiger partial charge in [-0.25, -0.2) is 13.9 Å². The lowest BCUT2D eigenvalue weighted by molar-refractivity contribution is 0.0738. The Balaban J connectivity index is 1.31.